The van der Waals surface area contributed by atoms with Gasteiger partial charge in [0, 0.05) is 13.5 Å². The van der Waals surface area contributed by atoms with Gasteiger partial charge in [0.2, 0.25) is 0 Å². The van der Waals surface area contributed by atoms with E-state index >= 15 is 0 Å². The van der Waals surface area contributed by atoms with Crippen LogP contribution in [0.3, 0.4) is 0 Å². The number of aliphatic hydroxyl groups is 1. The highest BCUT2D eigenvalue weighted by Crippen LogP contribution is 2.24. The number of esters is 1. The Morgan fingerprint density at radius 2 is 2.05 bits per heavy atom. The van der Waals surface area contributed by atoms with Crippen LogP contribution in [0.15, 0.2) is 30.3 Å². The quantitative estimate of drug-likeness (QED) is 0.837. The van der Waals surface area contributed by atoms with Gasteiger partial charge in [-0.1, -0.05) is 18.2 Å². The molecule has 1 heterocycles. The number of ether oxygens (including phenoxy) is 3. The Kier molecular flexibility index (Phi) is 4.52. The number of hydrogen-bond donors (Lipinski definition) is 1. The zero-order valence-electron chi connectivity index (χ0n) is 11.0. The highest BCUT2D eigenvalue weighted by molar-refractivity contribution is 5.89. The van der Waals surface area contributed by atoms with Gasteiger partial charge in [-0.3, -0.25) is 0 Å². The number of hydrogen-bond acceptors (Lipinski definition) is 5. The van der Waals surface area contributed by atoms with Crippen molar-refractivity contribution in [1.29, 1.82) is 0 Å². The van der Waals surface area contributed by atoms with Crippen LogP contribution in [-0.2, 0) is 14.2 Å². The standard InChI is InChI=1S/C14H18O5/c1-9-8-11(15)12(14(17-2)18-9)19-13(16)10-6-4-3-5-7-10/h3-7,9,11-12,14-15H,8H2,1-2H3/t9?,11-,12-,14+/m1/s1. The third-order valence-corrected chi connectivity index (χ3v) is 3.07. The average Bonchev–Trinajstić information content (AvgIpc) is 2.42. The van der Waals surface area contributed by atoms with Crippen LogP contribution < -0.4 is 0 Å². The summed E-state index contributed by atoms with van der Waals surface area (Å²) in [4.78, 5) is 12.0. The Balaban J connectivity index is 2.06. The Morgan fingerprint density at radius 3 is 2.68 bits per heavy atom. The molecule has 1 aromatic rings. The van der Waals surface area contributed by atoms with Gasteiger partial charge < -0.3 is 19.3 Å². The Hall–Kier alpha value is -1.43. The lowest BCUT2D eigenvalue weighted by atomic mass is 10.0. The molecule has 1 aliphatic rings. The van der Waals surface area contributed by atoms with Gasteiger partial charge in [0.25, 0.3) is 0 Å². The van der Waals surface area contributed by atoms with Gasteiger partial charge in [-0.25, -0.2) is 4.79 Å². The largest absolute Gasteiger partial charge is 0.451 e. The van der Waals surface area contributed by atoms with Crippen molar-refractivity contribution >= 4 is 5.97 Å². The molecule has 1 unspecified atom stereocenters. The molecule has 2 rings (SSSR count). The second kappa shape index (κ2) is 6.14. The second-order valence-corrected chi connectivity index (χ2v) is 4.59. The molecular weight excluding hydrogens is 248 g/mol. The molecule has 1 N–H and O–H groups in total. The molecule has 1 aromatic carbocycles. The number of benzene rings is 1. The summed E-state index contributed by atoms with van der Waals surface area (Å²) in [5, 5.41) is 10.00. The Bertz CT molecular complexity index is 419. The minimum Gasteiger partial charge on any atom is -0.451 e. The van der Waals surface area contributed by atoms with Crippen LogP contribution in [0.4, 0.5) is 0 Å². The SMILES string of the molecule is CO[C@H]1OC(C)C[C@@H](O)[C@H]1OC(=O)c1ccccc1. The number of carbonyl (C=O) groups excluding carboxylic acids is 1. The van der Waals surface area contributed by atoms with E-state index < -0.39 is 24.5 Å². The van der Waals surface area contributed by atoms with Crippen molar-refractivity contribution in [3.8, 4) is 0 Å². The van der Waals surface area contributed by atoms with Crippen molar-refractivity contribution in [1.82, 2.24) is 0 Å². The fourth-order valence-corrected chi connectivity index (χ4v) is 2.11. The smallest absolute Gasteiger partial charge is 0.338 e. The summed E-state index contributed by atoms with van der Waals surface area (Å²) in [5.74, 6) is -0.496. The van der Waals surface area contributed by atoms with Gasteiger partial charge in [-0.15, -0.1) is 0 Å². The average molecular weight is 266 g/mol. The Labute approximate surface area is 112 Å². The zero-order chi connectivity index (χ0) is 13.8. The first-order chi connectivity index (χ1) is 9.11. The highest BCUT2D eigenvalue weighted by atomic mass is 16.7. The molecule has 19 heavy (non-hydrogen) atoms. The van der Waals surface area contributed by atoms with Crippen molar-refractivity contribution in [3.05, 3.63) is 35.9 Å². The molecule has 0 bridgehead atoms. The van der Waals surface area contributed by atoms with Crippen molar-refractivity contribution in [3.63, 3.8) is 0 Å². The summed E-state index contributed by atoms with van der Waals surface area (Å²) >= 11 is 0. The minimum absolute atomic E-state index is 0.133. The lowest BCUT2D eigenvalue weighted by Gasteiger charge is -2.36. The van der Waals surface area contributed by atoms with Gasteiger partial charge in [0.15, 0.2) is 12.4 Å². The van der Waals surface area contributed by atoms with Crippen LogP contribution in [0.5, 0.6) is 0 Å². The van der Waals surface area contributed by atoms with E-state index in [1.807, 2.05) is 13.0 Å². The molecule has 5 nitrogen and oxygen atoms in total. The molecule has 5 heteroatoms. The number of aliphatic hydroxyl groups excluding tert-OH is 1. The van der Waals surface area contributed by atoms with Gasteiger partial charge in [0.1, 0.15) is 0 Å². The lowest BCUT2D eigenvalue weighted by Crippen LogP contribution is -2.50. The van der Waals surface area contributed by atoms with E-state index in [0.717, 1.165) is 0 Å². The van der Waals surface area contributed by atoms with E-state index in [0.29, 0.717) is 12.0 Å². The van der Waals surface area contributed by atoms with Crippen molar-refractivity contribution in [2.75, 3.05) is 7.11 Å². The lowest BCUT2D eigenvalue weighted by molar-refractivity contribution is -0.253. The summed E-state index contributed by atoms with van der Waals surface area (Å²) in [7, 11) is 1.46. The van der Waals surface area contributed by atoms with Crippen LogP contribution in [0.2, 0.25) is 0 Å². The maximum Gasteiger partial charge on any atom is 0.338 e. The van der Waals surface area contributed by atoms with Crippen LogP contribution in [0.25, 0.3) is 0 Å². The maximum absolute atomic E-state index is 12.0. The van der Waals surface area contributed by atoms with Gasteiger partial charge in [0.05, 0.1) is 17.8 Å². The first-order valence-corrected chi connectivity index (χ1v) is 6.24. The minimum atomic E-state index is -0.811. The summed E-state index contributed by atoms with van der Waals surface area (Å²) in [6.07, 6.45) is -2.07. The van der Waals surface area contributed by atoms with Gasteiger partial charge in [-0.05, 0) is 19.1 Å². The molecule has 0 saturated carbocycles. The first-order valence-electron chi connectivity index (χ1n) is 6.24. The normalized spacial score (nSPS) is 30.9. The van der Waals surface area contributed by atoms with Crippen LogP contribution in [0.1, 0.15) is 23.7 Å². The molecule has 0 radical (unpaired) electrons. The zero-order valence-corrected chi connectivity index (χ0v) is 11.0. The van der Waals surface area contributed by atoms with Crippen molar-refractivity contribution in [2.45, 2.75) is 37.9 Å². The van der Waals surface area contributed by atoms with Gasteiger partial charge >= 0.3 is 5.97 Å². The van der Waals surface area contributed by atoms with Crippen molar-refractivity contribution < 1.29 is 24.1 Å². The summed E-state index contributed by atoms with van der Waals surface area (Å²) in [6, 6.07) is 8.63. The fourth-order valence-electron chi connectivity index (χ4n) is 2.11. The second-order valence-electron chi connectivity index (χ2n) is 4.59. The topological polar surface area (TPSA) is 65.0 Å². The van der Waals surface area contributed by atoms with Gasteiger partial charge in [-0.2, -0.15) is 0 Å². The fraction of sp³-hybridized carbons (Fsp3) is 0.500. The van der Waals surface area contributed by atoms with E-state index in [4.69, 9.17) is 14.2 Å². The number of carbonyl (C=O) groups is 1. The van der Waals surface area contributed by atoms with E-state index in [1.54, 1.807) is 24.3 Å². The Morgan fingerprint density at radius 1 is 1.37 bits per heavy atom. The molecule has 1 fully saturated rings. The third-order valence-electron chi connectivity index (χ3n) is 3.07. The molecule has 0 amide bonds. The first kappa shape index (κ1) is 14.0. The van der Waals surface area contributed by atoms with E-state index in [9.17, 15) is 9.90 Å². The number of rotatable bonds is 3. The summed E-state index contributed by atoms with van der Waals surface area (Å²) in [6.45, 7) is 1.84. The summed E-state index contributed by atoms with van der Waals surface area (Å²) in [5.41, 5.74) is 0.433. The predicted molar refractivity (Wildman–Crippen MR) is 67.6 cm³/mol. The van der Waals surface area contributed by atoms with Crippen molar-refractivity contribution in [2.24, 2.45) is 0 Å². The van der Waals surface area contributed by atoms with Crippen LogP contribution in [-0.4, -0.2) is 42.8 Å². The van der Waals surface area contributed by atoms with Crippen LogP contribution in [0, 0.1) is 0 Å². The molecular formula is C14H18O5. The molecule has 1 saturated heterocycles. The van der Waals surface area contributed by atoms with E-state index in [-0.39, 0.29) is 6.10 Å². The molecule has 4 atom stereocenters. The van der Waals surface area contributed by atoms with E-state index in [2.05, 4.69) is 0 Å². The highest BCUT2D eigenvalue weighted by Gasteiger charge is 2.39. The monoisotopic (exact) mass is 266 g/mol. The number of methoxy groups -OCH3 is 1. The maximum atomic E-state index is 12.0. The third kappa shape index (κ3) is 3.32. The molecule has 0 aliphatic carbocycles. The summed E-state index contributed by atoms with van der Waals surface area (Å²) < 4.78 is 15.9. The molecule has 0 aromatic heterocycles. The molecule has 0 spiro atoms. The van der Waals surface area contributed by atoms with E-state index in [1.165, 1.54) is 7.11 Å². The van der Waals surface area contributed by atoms with Crippen LogP contribution >= 0.6 is 0 Å². The predicted octanol–water partition coefficient (Wildman–Crippen LogP) is 1.35. The molecule has 104 valence electrons. The molecule has 1 aliphatic heterocycles.